The molecule has 7 heteroatoms. The van der Waals surface area contributed by atoms with E-state index in [2.05, 4.69) is 20.9 Å². The first-order chi connectivity index (χ1) is 14.3. The summed E-state index contributed by atoms with van der Waals surface area (Å²) in [7, 11) is 4.97. The molecular formula is C23H32N4O3. The van der Waals surface area contributed by atoms with Gasteiger partial charge in [-0.2, -0.15) is 0 Å². The highest BCUT2D eigenvalue weighted by Gasteiger charge is 2.15. The quantitative estimate of drug-likeness (QED) is 0.481. The zero-order valence-corrected chi connectivity index (χ0v) is 18.6. The number of nitrogens with one attached hydrogen (secondary N) is 3. The number of benzene rings is 2. The Hall–Kier alpha value is -3.22. The summed E-state index contributed by atoms with van der Waals surface area (Å²) >= 11 is 0. The van der Waals surface area contributed by atoms with Gasteiger partial charge < -0.3 is 25.4 Å². The van der Waals surface area contributed by atoms with Crippen molar-refractivity contribution < 1.29 is 14.3 Å². The molecule has 162 valence electrons. The fraction of sp³-hybridized carbons (Fsp3) is 0.391. The van der Waals surface area contributed by atoms with Crippen LogP contribution in [-0.4, -0.2) is 38.7 Å². The Morgan fingerprint density at radius 2 is 1.73 bits per heavy atom. The molecule has 0 heterocycles. The van der Waals surface area contributed by atoms with Crippen molar-refractivity contribution in [1.29, 1.82) is 0 Å². The number of guanidine groups is 1. The molecule has 2 aromatic carbocycles. The summed E-state index contributed by atoms with van der Waals surface area (Å²) < 4.78 is 10.7. The van der Waals surface area contributed by atoms with Crippen molar-refractivity contribution >= 4 is 11.9 Å². The third-order valence-corrected chi connectivity index (χ3v) is 4.30. The molecular weight excluding hydrogens is 380 g/mol. The number of carbonyl (C=O) groups is 1. The summed E-state index contributed by atoms with van der Waals surface area (Å²) in [6.45, 7) is 6.97. The van der Waals surface area contributed by atoms with Gasteiger partial charge in [-0.05, 0) is 50.6 Å². The molecule has 2 rings (SSSR count). The van der Waals surface area contributed by atoms with Gasteiger partial charge >= 0.3 is 0 Å². The Kier molecular flexibility index (Phi) is 8.09. The van der Waals surface area contributed by atoms with Gasteiger partial charge in [0.2, 0.25) is 0 Å². The van der Waals surface area contributed by atoms with Crippen LogP contribution >= 0.6 is 0 Å². The Bertz CT molecular complexity index is 888. The molecule has 2 aromatic rings. The first-order valence-corrected chi connectivity index (χ1v) is 9.82. The van der Waals surface area contributed by atoms with Crippen molar-refractivity contribution in [2.75, 3.05) is 21.3 Å². The Morgan fingerprint density at radius 1 is 1.00 bits per heavy atom. The number of amides is 1. The standard InChI is InChI=1S/C23H32N4O3/c1-23(2,3)27-21(28)17-9-7-8-16(12-17)14-25-22(24-4)26-15-18-10-11-19(29-5)13-20(18)30-6/h7-13H,14-15H2,1-6H3,(H,27,28)(H2,24,25,26). The van der Waals surface area contributed by atoms with E-state index in [1.165, 1.54) is 0 Å². The van der Waals surface area contributed by atoms with Gasteiger partial charge in [0, 0.05) is 42.9 Å². The van der Waals surface area contributed by atoms with Crippen LogP contribution in [0.4, 0.5) is 0 Å². The summed E-state index contributed by atoms with van der Waals surface area (Å²) in [5.41, 5.74) is 2.33. The summed E-state index contributed by atoms with van der Waals surface area (Å²) in [5.74, 6) is 2.05. The predicted octanol–water partition coefficient (Wildman–Crippen LogP) is 3.10. The third-order valence-electron chi connectivity index (χ3n) is 4.30. The van der Waals surface area contributed by atoms with E-state index < -0.39 is 0 Å². The smallest absolute Gasteiger partial charge is 0.251 e. The maximum atomic E-state index is 12.4. The normalized spacial score (nSPS) is 11.6. The number of hydrogen-bond donors (Lipinski definition) is 3. The van der Waals surface area contributed by atoms with Gasteiger partial charge in [0.25, 0.3) is 5.91 Å². The zero-order valence-electron chi connectivity index (χ0n) is 18.6. The molecule has 0 saturated carbocycles. The first kappa shape index (κ1) is 23.1. The second-order valence-corrected chi connectivity index (χ2v) is 7.86. The van der Waals surface area contributed by atoms with E-state index in [9.17, 15) is 4.79 Å². The summed E-state index contributed by atoms with van der Waals surface area (Å²) in [4.78, 5) is 16.6. The SMILES string of the molecule is CN=C(NCc1cccc(C(=O)NC(C)(C)C)c1)NCc1ccc(OC)cc1OC. The predicted molar refractivity (Wildman–Crippen MR) is 120 cm³/mol. The number of carbonyl (C=O) groups excluding carboxylic acids is 1. The highest BCUT2D eigenvalue weighted by Crippen LogP contribution is 2.24. The minimum Gasteiger partial charge on any atom is -0.497 e. The van der Waals surface area contributed by atoms with E-state index in [0.29, 0.717) is 24.6 Å². The van der Waals surface area contributed by atoms with Gasteiger partial charge in [-0.15, -0.1) is 0 Å². The number of ether oxygens (including phenoxy) is 2. The average Bonchev–Trinajstić information content (AvgIpc) is 2.72. The maximum Gasteiger partial charge on any atom is 0.251 e. The van der Waals surface area contributed by atoms with Crippen LogP contribution in [0.3, 0.4) is 0 Å². The van der Waals surface area contributed by atoms with Crippen LogP contribution in [0.25, 0.3) is 0 Å². The lowest BCUT2D eigenvalue weighted by atomic mass is 10.1. The fourth-order valence-electron chi connectivity index (χ4n) is 2.82. The van der Waals surface area contributed by atoms with Crippen molar-refractivity contribution in [3.8, 4) is 11.5 Å². The number of methoxy groups -OCH3 is 2. The largest absolute Gasteiger partial charge is 0.497 e. The molecule has 30 heavy (non-hydrogen) atoms. The van der Waals surface area contributed by atoms with Crippen LogP contribution in [0.15, 0.2) is 47.5 Å². The van der Waals surface area contributed by atoms with Crippen LogP contribution in [-0.2, 0) is 13.1 Å². The number of aliphatic imine (C=N–C) groups is 1. The minimum atomic E-state index is -0.278. The molecule has 3 N–H and O–H groups in total. The summed E-state index contributed by atoms with van der Waals surface area (Å²) in [6, 6.07) is 13.2. The van der Waals surface area contributed by atoms with E-state index in [0.717, 1.165) is 22.6 Å². The molecule has 0 aliphatic rings. The highest BCUT2D eigenvalue weighted by atomic mass is 16.5. The van der Waals surface area contributed by atoms with E-state index in [1.807, 2.05) is 63.2 Å². The van der Waals surface area contributed by atoms with Gasteiger partial charge in [-0.25, -0.2) is 0 Å². The van der Waals surface area contributed by atoms with Crippen molar-refractivity contribution in [3.05, 3.63) is 59.2 Å². The molecule has 0 fully saturated rings. The van der Waals surface area contributed by atoms with Crippen LogP contribution in [0.1, 0.15) is 42.3 Å². The Labute approximate surface area is 178 Å². The van der Waals surface area contributed by atoms with E-state index in [1.54, 1.807) is 21.3 Å². The van der Waals surface area contributed by atoms with Gasteiger partial charge in [0.1, 0.15) is 11.5 Å². The van der Waals surface area contributed by atoms with Gasteiger partial charge in [-0.3, -0.25) is 9.79 Å². The molecule has 1 amide bonds. The molecule has 0 unspecified atom stereocenters. The molecule has 0 aliphatic heterocycles. The van der Waals surface area contributed by atoms with Crippen molar-refractivity contribution in [1.82, 2.24) is 16.0 Å². The third kappa shape index (κ3) is 6.99. The van der Waals surface area contributed by atoms with Crippen LogP contribution in [0.2, 0.25) is 0 Å². The van der Waals surface area contributed by atoms with Crippen molar-refractivity contribution in [2.24, 2.45) is 4.99 Å². The Morgan fingerprint density at radius 3 is 2.37 bits per heavy atom. The number of rotatable bonds is 7. The molecule has 0 radical (unpaired) electrons. The second kappa shape index (κ2) is 10.5. The molecule has 0 bridgehead atoms. The molecule has 0 aromatic heterocycles. The highest BCUT2D eigenvalue weighted by molar-refractivity contribution is 5.94. The second-order valence-electron chi connectivity index (χ2n) is 7.86. The molecule has 0 saturated heterocycles. The molecule has 0 atom stereocenters. The topological polar surface area (TPSA) is 84.0 Å². The summed E-state index contributed by atoms with van der Waals surface area (Å²) in [6.07, 6.45) is 0. The lowest BCUT2D eigenvalue weighted by Crippen LogP contribution is -2.40. The first-order valence-electron chi connectivity index (χ1n) is 9.82. The van der Waals surface area contributed by atoms with Crippen molar-refractivity contribution in [2.45, 2.75) is 39.4 Å². The van der Waals surface area contributed by atoms with Crippen LogP contribution < -0.4 is 25.4 Å². The average molecular weight is 413 g/mol. The van der Waals surface area contributed by atoms with Crippen LogP contribution in [0.5, 0.6) is 11.5 Å². The van der Waals surface area contributed by atoms with E-state index in [4.69, 9.17) is 9.47 Å². The van der Waals surface area contributed by atoms with E-state index >= 15 is 0 Å². The molecule has 7 nitrogen and oxygen atoms in total. The van der Waals surface area contributed by atoms with Crippen LogP contribution in [0, 0.1) is 0 Å². The Balaban J connectivity index is 1.96. The fourth-order valence-corrected chi connectivity index (χ4v) is 2.82. The summed E-state index contributed by atoms with van der Waals surface area (Å²) in [5, 5.41) is 9.53. The van der Waals surface area contributed by atoms with E-state index in [-0.39, 0.29) is 11.4 Å². The van der Waals surface area contributed by atoms with Gasteiger partial charge in [0.15, 0.2) is 5.96 Å². The number of nitrogens with zero attached hydrogens (tertiary/aromatic N) is 1. The van der Waals surface area contributed by atoms with Gasteiger partial charge in [-0.1, -0.05) is 12.1 Å². The maximum absolute atomic E-state index is 12.4. The lowest BCUT2D eigenvalue weighted by molar-refractivity contribution is 0.0919. The molecule has 0 spiro atoms. The van der Waals surface area contributed by atoms with Gasteiger partial charge in [0.05, 0.1) is 14.2 Å². The zero-order chi connectivity index (χ0) is 22.1. The molecule has 0 aliphatic carbocycles. The minimum absolute atomic E-state index is 0.0848. The van der Waals surface area contributed by atoms with Crippen molar-refractivity contribution in [3.63, 3.8) is 0 Å². The lowest BCUT2D eigenvalue weighted by Gasteiger charge is -2.20. The number of hydrogen-bond acceptors (Lipinski definition) is 4. The monoisotopic (exact) mass is 412 g/mol.